The number of nitrogens with two attached hydrogens (primary N) is 1. The van der Waals surface area contributed by atoms with Crippen LogP contribution in [-0.4, -0.2) is 35.7 Å². The summed E-state index contributed by atoms with van der Waals surface area (Å²) < 4.78 is 0. The van der Waals surface area contributed by atoms with E-state index in [9.17, 15) is 9.59 Å². The lowest BCUT2D eigenvalue weighted by atomic mass is 10.0. The van der Waals surface area contributed by atoms with Crippen LogP contribution in [0.5, 0.6) is 0 Å². The topological polar surface area (TPSA) is 63.4 Å². The molecule has 4 nitrogen and oxygen atoms in total. The predicted octanol–water partition coefficient (Wildman–Crippen LogP) is 2.02. The molecule has 0 saturated heterocycles. The fourth-order valence-electron chi connectivity index (χ4n) is 2.33. The number of amides is 1. The van der Waals surface area contributed by atoms with Gasteiger partial charge >= 0.3 is 0 Å². The zero-order valence-electron chi connectivity index (χ0n) is 13.2. The molecule has 0 unspecified atom stereocenters. The monoisotopic (exact) mass is 290 g/mol. The van der Waals surface area contributed by atoms with Crippen LogP contribution < -0.4 is 5.73 Å². The highest BCUT2D eigenvalue weighted by atomic mass is 16.2. The molecular weight excluding hydrogens is 264 g/mol. The number of benzene rings is 1. The number of carbonyl (C=O) groups excluding carboxylic acids is 2. The molecule has 116 valence electrons. The molecule has 0 aliphatic heterocycles. The smallest absolute Gasteiger partial charge is 0.239 e. The molecule has 1 amide bonds. The van der Waals surface area contributed by atoms with Crippen molar-refractivity contribution in [3.8, 4) is 0 Å². The first kappa shape index (κ1) is 17.4. The second-order valence-corrected chi connectivity index (χ2v) is 5.89. The van der Waals surface area contributed by atoms with E-state index >= 15 is 0 Å². The Kier molecular flexibility index (Phi) is 7.09. The predicted molar refractivity (Wildman–Crippen MR) is 84.8 cm³/mol. The third-order valence-corrected chi connectivity index (χ3v) is 3.43. The van der Waals surface area contributed by atoms with Gasteiger partial charge in [-0.25, -0.2) is 0 Å². The van der Waals surface area contributed by atoms with Gasteiger partial charge in [0, 0.05) is 6.54 Å². The first-order valence-corrected chi connectivity index (χ1v) is 7.51. The maximum Gasteiger partial charge on any atom is 0.239 e. The maximum absolute atomic E-state index is 12.3. The third-order valence-electron chi connectivity index (χ3n) is 3.43. The lowest BCUT2D eigenvalue weighted by Crippen LogP contribution is -2.49. The van der Waals surface area contributed by atoms with E-state index in [0.29, 0.717) is 18.9 Å². The van der Waals surface area contributed by atoms with E-state index in [2.05, 4.69) is 0 Å². The van der Waals surface area contributed by atoms with Crippen LogP contribution in [0.2, 0.25) is 0 Å². The van der Waals surface area contributed by atoms with Crippen LogP contribution in [0.3, 0.4) is 0 Å². The third kappa shape index (κ3) is 5.68. The van der Waals surface area contributed by atoms with Crippen LogP contribution in [0.4, 0.5) is 0 Å². The average molecular weight is 290 g/mol. The Bertz CT molecular complexity index is 443. The minimum atomic E-state index is -0.588. The Morgan fingerprint density at radius 2 is 1.86 bits per heavy atom. The minimum Gasteiger partial charge on any atom is -0.331 e. The molecule has 2 atom stereocenters. The van der Waals surface area contributed by atoms with Gasteiger partial charge in [0.1, 0.15) is 6.29 Å². The van der Waals surface area contributed by atoms with Crippen molar-refractivity contribution in [3.63, 3.8) is 0 Å². The van der Waals surface area contributed by atoms with Gasteiger partial charge in [0.25, 0.3) is 0 Å². The van der Waals surface area contributed by atoms with Gasteiger partial charge in [-0.3, -0.25) is 4.79 Å². The number of hydrogen-bond acceptors (Lipinski definition) is 3. The summed E-state index contributed by atoms with van der Waals surface area (Å²) >= 11 is 0. The van der Waals surface area contributed by atoms with Crippen LogP contribution in [-0.2, 0) is 16.0 Å². The van der Waals surface area contributed by atoms with Crippen molar-refractivity contribution in [2.75, 3.05) is 6.54 Å². The summed E-state index contributed by atoms with van der Waals surface area (Å²) in [6.07, 6.45) is 2.25. The van der Waals surface area contributed by atoms with Gasteiger partial charge in [0.2, 0.25) is 5.91 Å². The summed E-state index contributed by atoms with van der Waals surface area (Å²) in [6, 6.07) is 8.96. The SMILES string of the molecule is CC(C)C[C@@H](C=O)N(CCc1ccccc1)C(=O)[C@H](C)N. The zero-order chi connectivity index (χ0) is 15.8. The van der Waals surface area contributed by atoms with Gasteiger partial charge in [0.15, 0.2) is 0 Å². The van der Waals surface area contributed by atoms with Crippen molar-refractivity contribution in [1.29, 1.82) is 0 Å². The van der Waals surface area contributed by atoms with Gasteiger partial charge in [-0.05, 0) is 31.2 Å². The number of carbonyl (C=O) groups is 2. The molecule has 1 aromatic rings. The van der Waals surface area contributed by atoms with Crippen LogP contribution in [0.15, 0.2) is 30.3 Å². The Morgan fingerprint density at radius 1 is 1.24 bits per heavy atom. The summed E-state index contributed by atoms with van der Waals surface area (Å²) in [7, 11) is 0. The number of aldehydes is 1. The number of hydrogen-bond donors (Lipinski definition) is 1. The van der Waals surface area contributed by atoms with Gasteiger partial charge in [-0.2, -0.15) is 0 Å². The summed E-state index contributed by atoms with van der Waals surface area (Å²) in [5.74, 6) is 0.184. The van der Waals surface area contributed by atoms with Crippen molar-refractivity contribution in [2.24, 2.45) is 11.7 Å². The molecular formula is C17H26N2O2. The van der Waals surface area contributed by atoms with Crippen molar-refractivity contribution < 1.29 is 9.59 Å². The normalized spacial score (nSPS) is 13.8. The van der Waals surface area contributed by atoms with E-state index in [0.717, 1.165) is 18.3 Å². The molecule has 0 aliphatic carbocycles. The molecule has 0 aliphatic rings. The highest BCUT2D eigenvalue weighted by molar-refractivity contribution is 5.84. The van der Waals surface area contributed by atoms with Gasteiger partial charge < -0.3 is 15.4 Å². The fourth-order valence-corrected chi connectivity index (χ4v) is 2.33. The minimum absolute atomic E-state index is 0.163. The standard InChI is InChI=1S/C17H26N2O2/c1-13(2)11-16(12-20)19(17(21)14(3)18)10-9-15-7-5-4-6-8-15/h4-8,12-14,16H,9-11,18H2,1-3H3/t14-,16-/m0/s1. The molecule has 0 spiro atoms. The lowest BCUT2D eigenvalue weighted by molar-refractivity contribution is -0.137. The first-order chi connectivity index (χ1) is 9.95. The second-order valence-electron chi connectivity index (χ2n) is 5.89. The summed E-state index contributed by atoms with van der Waals surface area (Å²) in [5.41, 5.74) is 6.87. The van der Waals surface area contributed by atoms with E-state index in [-0.39, 0.29) is 5.91 Å². The Labute approximate surface area is 127 Å². The van der Waals surface area contributed by atoms with Gasteiger partial charge in [-0.15, -0.1) is 0 Å². The van der Waals surface area contributed by atoms with Crippen molar-refractivity contribution in [2.45, 2.75) is 45.7 Å². The highest BCUT2D eigenvalue weighted by Gasteiger charge is 2.25. The first-order valence-electron chi connectivity index (χ1n) is 7.51. The molecule has 0 fully saturated rings. The molecule has 21 heavy (non-hydrogen) atoms. The van der Waals surface area contributed by atoms with Crippen molar-refractivity contribution >= 4 is 12.2 Å². The van der Waals surface area contributed by atoms with E-state index in [4.69, 9.17) is 5.73 Å². The Balaban J connectivity index is 2.81. The van der Waals surface area contributed by atoms with Crippen LogP contribution in [0.25, 0.3) is 0 Å². The summed E-state index contributed by atoms with van der Waals surface area (Å²) in [4.78, 5) is 25.3. The van der Waals surface area contributed by atoms with Crippen LogP contribution in [0.1, 0.15) is 32.8 Å². The van der Waals surface area contributed by atoms with Gasteiger partial charge in [-0.1, -0.05) is 44.2 Å². The number of rotatable bonds is 8. The molecule has 2 N–H and O–H groups in total. The molecule has 0 radical (unpaired) electrons. The fraction of sp³-hybridized carbons (Fsp3) is 0.529. The molecule has 0 saturated carbocycles. The van der Waals surface area contributed by atoms with Gasteiger partial charge in [0.05, 0.1) is 12.1 Å². The number of nitrogens with zero attached hydrogens (tertiary/aromatic N) is 1. The molecule has 1 aromatic carbocycles. The van der Waals surface area contributed by atoms with Crippen molar-refractivity contribution in [3.05, 3.63) is 35.9 Å². The summed E-state index contributed by atoms with van der Waals surface area (Å²) in [6.45, 7) is 6.26. The average Bonchev–Trinajstić information content (AvgIpc) is 2.46. The van der Waals surface area contributed by atoms with Crippen LogP contribution >= 0.6 is 0 Å². The molecule has 0 heterocycles. The Hall–Kier alpha value is -1.68. The maximum atomic E-state index is 12.3. The van der Waals surface area contributed by atoms with Crippen LogP contribution in [0, 0.1) is 5.92 Å². The second kappa shape index (κ2) is 8.57. The lowest BCUT2D eigenvalue weighted by Gasteiger charge is -2.30. The van der Waals surface area contributed by atoms with E-state index in [1.165, 1.54) is 0 Å². The molecule has 0 bridgehead atoms. The molecule has 1 rings (SSSR count). The zero-order valence-corrected chi connectivity index (χ0v) is 13.2. The quantitative estimate of drug-likeness (QED) is 0.745. The molecule has 0 aromatic heterocycles. The molecule has 4 heteroatoms. The largest absolute Gasteiger partial charge is 0.331 e. The van der Waals surface area contributed by atoms with E-state index < -0.39 is 12.1 Å². The van der Waals surface area contributed by atoms with E-state index in [1.807, 2.05) is 44.2 Å². The Morgan fingerprint density at radius 3 is 2.33 bits per heavy atom. The summed E-state index contributed by atoms with van der Waals surface area (Å²) in [5, 5.41) is 0. The van der Waals surface area contributed by atoms with E-state index in [1.54, 1.807) is 11.8 Å². The highest BCUT2D eigenvalue weighted by Crippen LogP contribution is 2.13. The van der Waals surface area contributed by atoms with Crippen molar-refractivity contribution in [1.82, 2.24) is 4.90 Å².